The lowest BCUT2D eigenvalue weighted by atomic mass is 9.80. The molecule has 3 rings (SSSR count). The van der Waals surface area contributed by atoms with E-state index >= 15 is 0 Å². The molecule has 2 N–H and O–H groups in total. The topological polar surface area (TPSA) is 90.5 Å². The van der Waals surface area contributed by atoms with Gasteiger partial charge in [-0.15, -0.1) is 0 Å². The van der Waals surface area contributed by atoms with Crippen LogP contribution in [0.4, 0.5) is 0 Å². The van der Waals surface area contributed by atoms with Crippen molar-refractivity contribution in [3.05, 3.63) is 65.2 Å². The number of aryl methyl sites for hydroxylation is 1. The summed E-state index contributed by atoms with van der Waals surface area (Å²) in [5, 5.41) is 30.6. The molecule has 0 heterocycles. The van der Waals surface area contributed by atoms with E-state index < -0.39 is 12.2 Å². The Morgan fingerprint density at radius 1 is 1.27 bits per heavy atom. The monoisotopic (exact) mass is 407 g/mol. The average molecular weight is 408 g/mol. The molecule has 0 radical (unpaired) electrons. The van der Waals surface area contributed by atoms with Crippen molar-refractivity contribution in [3.8, 4) is 11.8 Å². The molecule has 1 saturated carbocycles. The highest BCUT2D eigenvalue weighted by molar-refractivity contribution is 5.45. The maximum atomic E-state index is 10.7. The average Bonchev–Trinajstić information content (AvgIpc) is 3.08. The van der Waals surface area contributed by atoms with Crippen LogP contribution in [0.15, 0.2) is 48.5 Å². The maximum Gasteiger partial charge on any atom is 0.298 e. The van der Waals surface area contributed by atoms with Gasteiger partial charge in [0.1, 0.15) is 5.75 Å². The summed E-state index contributed by atoms with van der Waals surface area (Å²) in [6.45, 7) is 2.45. The summed E-state index contributed by atoms with van der Waals surface area (Å²) >= 11 is 0. The molecule has 5 heteroatoms. The van der Waals surface area contributed by atoms with E-state index in [1.165, 1.54) is 0 Å². The molecule has 1 aliphatic carbocycles. The Hall–Kier alpha value is -2.68. The molecule has 1 fully saturated rings. The van der Waals surface area contributed by atoms with Crippen LogP contribution in [0.25, 0.3) is 0 Å². The van der Waals surface area contributed by atoms with Crippen molar-refractivity contribution in [3.63, 3.8) is 0 Å². The first kappa shape index (κ1) is 22.0. The first-order chi connectivity index (χ1) is 14.6. The molecule has 0 aromatic heterocycles. The van der Waals surface area contributed by atoms with Crippen LogP contribution >= 0.6 is 0 Å². The van der Waals surface area contributed by atoms with Crippen molar-refractivity contribution in [2.45, 2.75) is 57.2 Å². The quantitative estimate of drug-likeness (QED) is 0.605. The SMILES string of the molecule is CCCC(O)c1ccc(C2C(CCc3cccc(OC=O)c3)[C@H](C#N)C[C@H]2O)cc1. The Morgan fingerprint density at radius 3 is 2.70 bits per heavy atom. The first-order valence-electron chi connectivity index (χ1n) is 10.6. The number of hydrogen-bond acceptors (Lipinski definition) is 5. The minimum absolute atomic E-state index is 0.0343. The molecular weight excluding hydrogens is 378 g/mol. The lowest BCUT2D eigenvalue weighted by molar-refractivity contribution is -0.120. The second-order valence-corrected chi connectivity index (χ2v) is 8.10. The van der Waals surface area contributed by atoms with Crippen LogP contribution < -0.4 is 4.74 Å². The summed E-state index contributed by atoms with van der Waals surface area (Å²) in [6, 6.07) is 17.6. The summed E-state index contributed by atoms with van der Waals surface area (Å²) in [6.07, 6.45) is 2.56. The smallest absolute Gasteiger partial charge is 0.298 e. The largest absolute Gasteiger partial charge is 0.429 e. The van der Waals surface area contributed by atoms with Gasteiger partial charge in [0.2, 0.25) is 0 Å². The standard InChI is InChI=1S/C25H29NO4/c1-2-4-23(28)18-8-10-19(11-9-18)25-22(20(15-26)14-24(25)29)12-7-17-5-3-6-21(13-17)30-16-27/h3,5-6,8-11,13,16,20,22-25,28-29H,2,4,7,12,14H2,1H3/t20-,22?,23?,24+,25?/m0/s1. The number of hydrogen-bond donors (Lipinski definition) is 2. The number of nitrogens with zero attached hydrogens (tertiary/aromatic N) is 1. The van der Waals surface area contributed by atoms with E-state index in [9.17, 15) is 20.3 Å². The Morgan fingerprint density at radius 2 is 2.03 bits per heavy atom. The molecule has 0 saturated heterocycles. The zero-order chi connectivity index (χ0) is 21.5. The number of rotatable bonds is 9. The van der Waals surface area contributed by atoms with Crippen molar-refractivity contribution in [1.82, 2.24) is 0 Å². The van der Waals surface area contributed by atoms with Crippen LogP contribution in [0.1, 0.15) is 61.3 Å². The third-order valence-electron chi connectivity index (χ3n) is 6.17. The number of nitriles is 1. The Labute approximate surface area is 177 Å². The van der Waals surface area contributed by atoms with E-state index in [1.807, 2.05) is 49.4 Å². The van der Waals surface area contributed by atoms with Gasteiger partial charge in [0.05, 0.1) is 24.2 Å². The fourth-order valence-corrected chi connectivity index (χ4v) is 4.66. The van der Waals surface area contributed by atoms with Gasteiger partial charge in [0.25, 0.3) is 6.47 Å². The molecule has 5 atom stereocenters. The molecule has 5 nitrogen and oxygen atoms in total. The van der Waals surface area contributed by atoms with Crippen molar-refractivity contribution in [1.29, 1.82) is 5.26 Å². The van der Waals surface area contributed by atoms with E-state index in [2.05, 4.69) is 6.07 Å². The van der Waals surface area contributed by atoms with Crippen LogP contribution in [0, 0.1) is 23.2 Å². The predicted octanol–water partition coefficient (Wildman–Crippen LogP) is 4.29. The van der Waals surface area contributed by atoms with Crippen molar-refractivity contribution < 1.29 is 19.7 Å². The van der Waals surface area contributed by atoms with Gasteiger partial charge in [-0.05, 0) is 60.4 Å². The summed E-state index contributed by atoms with van der Waals surface area (Å²) in [5.41, 5.74) is 2.92. The van der Waals surface area contributed by atoms with Crippen LogP contribution in [-0.2, 0) is 11.2 Å². The fraction of sp³-hybridized carbons (Fsp3) is 0.440. The molecule has 0 spiro atoms. The number of ether oxygens (including phenoxy) is 1. The van der Waals surface area contributed by atoms with Crippen LogP contribution in [0.3, 0.4) is 0 Å². The molecule has 0 amide bonds. The zero-order valence-corrected chi connectivity index (χ0v) is 17.3. The van der Waals surface area contributed by atoms with Gasteiger partial charge in [-0.3, -0.25) is 4.79 Å². The normalized spacial score (nSPS) is 24.2. The molecule has 158 valence electrons. The zero-order valence-electron chi connectivity index (χ0n) is 17.3. The lowest BCUT2D eigenvalue weighted by Crippen LogP contribution is -2.19. The van der Waals surface area contributed by atoms with E-state index in [0.717, 1.165) is 42.4 Å². The van der Waals surface area contributed by atoms with Crippen LogP contribution in [0.5, 0.6) is 5.75 Å². The van der Waals surface area contributed by atoms with Crippen LogP contribution in [0.2, 0.25) is 0 Å². The van der Waals surface area contributed by atoms with Gasteiger partial charge >= 0.3 is 0 Å². The summed E-state index contributed by atoms with van der Waals surface area (Å²) in [4.78, 5) is 10.6. The van der Waals surface area contributed by atoms with E-state index in [1.54, 1.807) is 6.07 Å². The van der Waals surface area contributed by atoms with Gasteiger partial charge in [-0.2, -0.15) is 5.26 Å². The number of aliphatic hydroxyl groups is 2. The maximum absolute atomic E-state index is 10.7. The van der Waals surface area contributed by atoms with Crippen molar-refractivity contribution in [2.75, 3.05) is 0 Å². The van der Waals surface area contributed by atoms with Gasteiger partial charge in [-0.1, -0.05) is 49.7 Å². The fourth-order valence-electron chi connectivity index (χ4n) is 4.66. The molecule has 30 heavy (non-hydrogen) atoms. The van der Waals surface area contributed by atoms with Crippen LogP contribution in [-0.4, -0.2) is 22.8 Å². The van der Waals surface area contributed by atoms with E-state index in [0.29, 0.717) is 18.6 Å². The van der Waals surface area contributed by atoms with E-state index in [4.69, 9.17) is 4.74 Å². The third-order valence-corrected chi connectivity index (χ3v) is 6.17. The highest BCUT2D eigenvalue weighted by Gasteiger charge is 2.43. The Kier molecular flexibility index (Phi) is 7.62. The highest BCUT2D eigenvalue weighted by atomic mass is 16.5. The second kappa shape index (κ2) is 10.4. The third kappa shape index (κ3) is 5.08. The van der Waals surface area contributed by atoms with E-state index in [-0.39, 0.29) is 17.8 Å². The summed E-state index contributed by atoms with van der Waals surface area (Å²) < 4.78 is 4.92. The number of carbonyl (C=O) groups excluding carboxylic acids is 1. The minimum Gasteiger partial charge on any atom is -0.429 e. The number of carbonyl (C=O) groups is 1. The number of aliphatic hydroxyl groups excluding tert-OH is 2. The van der Waals surface area contributed by atoms with Gasteiger partial charge in [0.15, 0.2) is 0 Å². The molecule has 2 aromatic rings. The summed E-state index contributed by atoms with van der Waals surface area (Å²) in [5.74, 6) is 0.224. The second-order valence-electron chi connectivity index (χ2n) is 8.10. The van der Waals surface area contributed by atoms with Crippen molar-refractivity contribution >= 4 is 6.47 Å². The molecular formula is C25H29NO4. The molecule has 0 bridgehead atoms. The molecule has 1 aliphatic rings. The van der Waals surface area contributed by atoms with Gasteiger partial charge in [-0.25, -0.2) is 0 Å². The molecule has 3 unspecified atom stereocenters. The molecule has 0 aliphatic heterocycles. The van der Waals surface area contributed by atoms with Gasteiger partial charge in [0, 0.05) is 5.92 Å². The van der Waals surface area contributed by atoms with Crippen molar-refractivity contribution in [2.24, 2.45) is 11.8 Å². The first-order valence-corrected chi connectivity index (χ1v) is 10.6. The summed E-state index contributed by atoms with van der Waals surface area (Å²) in [7, 11) is 0. The minimum atomic E-state index is -0.559. The Balaban J connectivity index is 1.76. The Bertz CT molecular complexity index is 873. The number of benzene rings is 2. The lowest BCUT2D eigenvalue weighted by Gasteiger charge is -2.24. The highest BCUT2D eigenvalue weighted by Crippen LogP contribution is 2.46. The molecule has 2 aromatic carbocycles. The predicted molar refractivity (Wildman–Crippen MR) is 114 cm³/mol. The van der Waals surface area contributed by atoms with Gasteiger partial charge < -0.3 is 14.9 Å².